The van der Waals surface area contributed by atoms with Crippen molar-refractivity contribution >= 4 is 46.0 Å². The fourth-order valence-corrected chi connectivity index (χ4v) is 3.00. The van der Waals surface area contributed by atoms with Crippen molar-refractivity contribution in [1.29, 1.82) is 0 Å². The average Bonchev–Trinajstić information content (AvgIpc) is 3.03. The maximum Gasteiger partial charge on any atom is 0.335 e. The van der Waals surface area contributed by atoms with E-state index < -0.39 is 5.97 Å². The highest BCUT2D eigenvalue weighted by atomic mass is 35.5. The van der Waals surface area contributed by atoms with Gasteiger partial charge in [-0.05, 0) is 37.3 Å². The first-order valence-corrected chi connectivity index (χ1v) is 7.38. The topological polar surface area (TPSA) is 75.4 Å². The molecule has 108 valence electrons. The summed E-state index contributed by atoms with van der Waals surface area (Å²) >= 11 is 7.40. The largest absolute Gasteiger partial charge is 0.478 e. The van der Waals surface area contributed by atoms with Gasteiger partial charge in [-0.25, -0.2) is 4.79 Å². The lowest BCUT2D eigenvalue weighted by Gasteiger charge is -2.08. The summed E-state index contributed by atoms with van der Waals surface area (Å²) < 4.78 is 6.27. The van der Waals surface area contributed by atoms with Gasteiger partial charge in [0, 0.05) is 4.88 Å². The number of benzene rings is 1. The summed E-state index contributed by atoms with van der Waals surface area (Å²) in [7, 11) is 0. The summed E-state index contributed by atoms with van der Waals surface area (Å²) in [5.41, 5.74) is 1.22. The lowest BCUT2D eigenvalue weighted by molar-refractivity contribution is 0.0697. The predicted molar refractivity (Wildman–Crippen MR) is 82.3 cm³/mol. The van der Waals surface area contributed by atoms with Crippen LogP contribution in [0.4, 0.5) is 6.01 Å². The van der Waals surface area contributed by atoms with Gasteiger partial charge in [-0.2, -0.15) is 4.98 Å². The zero-order chi connectivity index (χ0) is 15.0. The molecular weight excluding hydrogens is 312 g/mol. The summed E-state index contributed by atoms with van der Waals surface area (Å²) in [5, 5.41) is 12.1. The Hall–Kier alpha value is -2.05. The smallest absolute Gasteiger partial charge is 0.335 e. The molecular formula is C14H11ClN2O3S. The molecule has 0 saturated carbocycles. The molecule has 3 aromatic rings. The SMILES string of the molecule is CC(Nc1nc2ccc(C(=O)O)cc2o1)c1ccc(Cl)s1. The molecule has 0 spiro atoms. The second kappa shape index (κ2) is 5.38. The zero-order valence-electron chi connectivity index (χ0n) is 11.0. The minimum Gasteiger partial charge on any atom is -0.478 e. The van der Waals surface area contributed by atoms with Gasteiger partial charge in [0.05, 0.1) is 15.9 Å². The molecule has 0 saturated heterocycles. The highest BCUT2D eigenvalue weighted by molar-refractivity contribution is 7.16. The first-order valence-electron chi connectivity index (χ1n) is 6.18. The van der Waals surface area contributed by atoms with Crippen LogP contribution in [0.5, 0.6) is 0 Å². The number of hydrogen-bond donors (Lipinski definition) is 2. The number of anilines is 1. The Morgan fingerprint density at radius 3 is 2.90 bits per heavy atom. The second-order valence-corrected chi connectivity index (χ2v) is 6.26. The van der Waals surface area contributed by atoms with Crippen molar-refractivity contribution in [2.45, 2.75) is 13.0 Å². The fraction of sp³-hybridized carbons (Fsp3) is 0.143. The van der Waals surface area contributed by atoms with Crippen molar-refractivity contribution in [3.05, 3.63) is 45.1 Å². The first-order chi connectivity index (χ1) is 10.0. The van der Waals surface area contributed by atoms with Crippen LogP contribution in [0.1, 0.15) is 28.2 Å². The predicted octanol–water partition coefficient (Wildman–Crippen LogP) is 4.41. The van der Waals surface area contributed by atoms with Gasteiger partial charge in [-0.1, -0.05) is 11.6 Å². The van der Waals surface area contributed by atoms with Crippen molar-refractivity contribution in [1.82, 2.24) is 4.98 Å². The molecule has 1 aromatic carbocycles. The van der Waals surface area contributed by atoms with Gasteiger partial charge in [0.2, 0.25) is 0 Å². The Balaban J connectivity index is 1.85. The van der Waals surface area contributed by atoms with E-state index in [2.05, 4.69) is 10.3 Å². The number of rotatable bonds is 4. The molecule has 3 rings (SSSR count). The maximum atomic E-state index is 10.9. The van der Waals surface area contributed by atoms with E-state index in [0.29, 0.717) is 17.1 Å². The number of thiophene rings is 1. The minimum atomic E-state index is -0.996. The standard InChI is InChI=1S/C14H11ClN2O3S/c1-7(11-4-5-12(15)21-11)16-14-17-9-3-2-8(13(18)19)6-10(9)20-14/h2-7H,1H3,(H,16,17)(H,18,19). The number of nitrogens with one attached hydrogen (secondary N) is 1. The summed E-state index contributed by atoms with van der Waals surface area (Å²) in [6, 6.07) is 8.71. The number of aromatic carboxylic acids is 1. The van der Waals surface area contributed by atoms with Crippen molar-refractivity contribution in [2.75, 3.05) is 5.32 Å². The molecule has 2 heterocycles. The van der Waals surface area contributed by atoms with Crippen LogP contribution in [0.15, 0.2) is 34.7 Å². The molecule has 5 nitrogen and oxygen atoms in total. The van der Waals surface area contributed by atoms with Crippen LogP contribution < -0.4 is 5.32 Å². The van der Waals surface area contributed by atoms with Crippen molar-refractivity contribution in [2.24, 2.45) is 0 Å². The number of hydrogen-bond acceptors (Lipinski definition) is 5. The Bertz CT molecular complexity index is 812. The summed E-state index contributed by atoms with van der Waals surface area (Å²) in [4.78, 5) is 16.3. The van der Waals surface area contributed by atoms with Crippen molar-refractivity contribution in [3.8, 4) is 0 Å². The third-order valence-corrected chi connectivity index (χ3v) is 4.41. The fourth-order valence-electron chi connectivity index (χ4n) is 1.94. The van der Waals surface area contributed by atoms with Gasteiger partial charge in [-0.15, -0.1) is 11.3 Å². The van der Waals surface area contributed by atoms with E-state index in [1.807, 2.05) is 19.1 Å². The average molecular weight is 323 g/mol. The summed E-state index contributed by atoms with van der Waals surface area (Å²) in [6.07, 6.45) is 0. The zero-order valence-corrected chi connectivity index (χ0v) is 12.5. The molecule has 1 atom stereocenters. The number of oxazole rings is 1. The molecule has 0 amide bonds. The monoisotopic (exact) mass is 322 g/mol. The number of nitrogens with zero attached hydrogens (tertiary/aromatic N) is 1. The van der Waals surface area contributed by atoms with Crippen molar-refractivity contribution in [3.63, 3.8) is 0 Å². The quantitative estimate of drug-likeness (QED) is 0.744. The number of aromatic nitrogens is 1. The Labute approximate surface area is 129 Å². The normalized spacial score (nSPS) is 12.5. The molecule has 2 aromatic heterocycles. The van der Waals surface area contributed by atoms with Crippen LogP contribution in [0.3, 0.4) is 0 Å². The van der Waals surface area contributed by atoms with E-state index in [1.165, 1.54) is 23.5 Å². The number of fused-ring (bicyclic) bond motifs is 1. The van der Waals surface area contributed by atoms with E-state index in [4.69, 9.17) is 21.1 Å². The van der Waals surface area contributed by atoms with E-state index >= 15 is 0 Å². The van der Waals surface area contributed by atoms with E-state index in [0.717, 1.165) is 9.21 Å². The van der Waals surface area contributed by atoms with Crippen molar-refractivity contribution < 1.29 is 14.3 Å². The van der Waals surface area contributed by atoms with Crippen LogP contribution in [0.2, 0.25) is 4.34 Å². The molecule has 1 unspecified atom stereocenters. The molecule has 7 heteroatoms. The number of halogens is 1. The Kier molecular flexibility index (Phi) is 3.57. The van der Waals surface area contributed by atoms with E-state index in [1.54, 1.807) is 6.07 Å². The third-order valence-electron chi connectivity index (χ3n) is 3.00. The highest BCUT2D eigenvalue weighted by Gasteiger charge is 2.13. The number of carboxylic acids is 1. The Morgan fingerprint density at radius 1 is 1.43 bits per heavy atom. The lowest BCUT2D eigenvalue weighted by Crippen LogP contribution is -2.04. The van der Waals surface area contributed by atoms with Crippen LogP contribution in [0.25, 0.3) is 11.1 Å². The summed E-state index contributed by atoms with van der Waals surface area (Å²) in [6.45, 7) is 1.97. The Morgan fingerprint density at radius 2 is 2.24 bits per heavy atom. The molecule has 0 radical (unpaired) electrons. The van der Waals surface area contributed by atoms with Gasteiger partial charge >= 0.3 is 5.97 Å². The van der Waals surface area contributed by atoms with Gasteiger partial charge in [0.15, 0.2) is 5.58 Å². The van der Waals surface area contributed by atoms with Gasteiger partial charge < -0.3 is 14.8 Å². The van der Waals surface area contributed by atoms with Crippen LogP contribution in [-0.4, -0.2) is 16.1 Å². The molecule has 2 N–H and O–H groups in total. The minimum absolute atomic E-state index is 0.00509. The first kappa shape index (κ1) is 13.9. The molecule has 0 aliphatic carbocycles. The number of carboxylic acid groups (broad SMARTS) is 1. The molecule has 0 fully saturated rings. The van der Waals surface area contributed by atoms with Gasteiger partial charge in [0.25, 0.3) is 6.01 Å². The number of carbonyl (C=O) groups is 1. The molecule has 0 aliphatic rings. The van der Waals surface area contributed by atoms with Crippen LogP contribution in [0, 0.1) is 0 Å². The van der Waals surface area contributed by atoms with Gasteiger partial charge in [0.1, 0.15) is 5.52 Å². The summed E-state index contributed by atoms with van der Waals surface area (Å²) in [5.74, 6) is -0.996. The highest BCUT2D eigenvalue weighted by Crippen LogP contribution is 2.29. The van der Waals surface area contributed by atoms with E-state index in [9.17, 15) is 4.79 Å². The lowest BCUT2D eigenvalue weighted by atomic mass is 10.2. The van der Waals surface area contributed by atoms with E-state index in [-0.39, 0.29) is 11.6 Å². The third kappa shape index (κ3) is 2.86. The van der Waals surface area contributed by atoms with Gasteiger partial charge in [-0.3, -0.25) is 0 Å². The maximum absolute atomic E-state index is 10.9. The van der Waals surface area contributed by atoms with Crippen LogP contribution >= 0.6 is 22.9 Å². The molecule has 0 aliphatic heterocycles. The van der Waals surface area contributed by atoms with Crippen LogP contribution in [-0.2, 0) is 0 Å². The molecule has 21 heavy (non-hydrogen) atoms. The molecule has 0 bridgehead atoms. The second-order valence-electron chi connectivity index (χ2n) is 4.51.